The molecule has 15 heavy (non-hydrogen) atoms. The van der Waals surface area contributed by atoms with E-state index in [2.05, 4.69) is 10.3 Å². The molecule has 0 aliphatic carbocycles. The molecule has 2 aromatic rings. The summed E-state index contributed by atoms with van der Waals surface area (Å²) >= 11 is 0. The van der Waals surface area contributed by atoms with Gasteiger partial charge in [-0.1, -0.05) is 17.0 Å². The topological polar surface area (TPSA) is 60.2 Å². The van der Waals surface area contributed by atoms with Gasteiger partial charge in [-0.3, -0.25) is 0 Å². The zero-order chi connectivity index (χ0) is 10.5. The van der Waals surface area contributed by atoms with E-state index < -0.39 is 0 Å². The van der Waals surface area contributed by atoms with Crippen LogP contribution in [-0.4, -0.2) is 33.5 Å². The molecular weight excluding hydrogens is 194 g/mol. The molecule has 2 rings (SSSR count). The lowest BCUT2D eigenvalue weighted by Gasteiger charge is -2.03. The fraction of sp³-hybridized carbons (Fsp3) is 0.400. The molecule has 0 saturated heterocycles. The minimum Gasteiger partial charge on any atom is -0.396 e. The van der Waals surface area contributed by atoms with Gasteiger partial charge in [0.05, 0.1) is 0 Å². The van der Waals surface area contributed by atoms with Crippen molar-refractivity contribution in [1.82, 2.24) is 15.2 Å². The molecular formula is C10H13N3O2. The lowest BCUT2D eigenvalue weighted by atomic mass is 10.3. The molecule has 0 amide bonds. The summed E-state index contributed by atoms with van der Waals surface area (Å²) < 4.78 is 0. The predicted molar refractivity (Wildman–Crippen MR) is 55.3 cm³/mol. The van der Waals surface area contributed by atoms with Crippen molar-refractivity contribution in [2.45, 2.75) is 12.8 Å². The molecule has 0 aliphatic rings. The van der Waals surface area contributed by atoms with Gasteiger partial charge in [-0.15, -0.1) is 5.10 Å². The molecule has 1 N–H and O–H groups in total. The van der Waals surface area contributed by atoms with Crippen molar-refractivity contribution >= 4 is 11.0 Å². The van der Waals surface area contributed by atoms with Crippen molar-refractivity contribution in [1.29, 1.82) is 0 Å². The lowest BCUT2D eigenvalue weighted by Crippen LogP contribution is -2.14. The molecule has 0 atom stereocenters. The highest BCUT2D eigenvalue weighted by Crippen LogP contribution is 2.07. The fourth-order valence-corrected chi connectivity index (χ4v) is 1.31. The number of hydrogen-bond donors (Lipinski definition) is 1. The number of aromatic nitrogens is 3. The summed E-state index contributed by atoms with van der Waals surface area (Å²) in [6.45, 7) is 0.732. The van der Waals surface area contributed by atoms with E-state index >= 15 is 0 Å². The minimum absolute atomic E-state index is 0.196. The zero-order valence-electron chi connectivity index (χ0n) is 8.33. The van der Waals surface area contributed by atoms with Crippen molar-refractivity contribution in [2.24, 2.45) is 0 Å². The summed E-state index contributed by atoms with van der Waals surface area (Å²) in [4.78, 5) is 6.82. The summed E-state index contributed by atoms with van der Waals surface area (Å²) in [5, 5.41) is 16.4. The second-order valence-electron chi connectivity index (χ2n) is 3.22. The van der Waals surface area contributed by atoms with E-state index in [1.807, 2.05) is 24.3 Å². The highest BCUT2D eigenvalue weighted by Gasteiger charge is 2.02. The molecule has 0 saturated carbocycles. The first kappa shape index (κ1) is 9.92. The Morgan fingerprint density at radius 3 is 3.00 bits per heavy atom. The van der Waals surface area contributed by atoms with E-state index in [9.17, 15) is 0 Å². The quantitative estimate of drug-likeness (QED) is 0.731. The normalized spacial score (nSPS) is 10.7. The van der Waals surface area contributed by atoms with Crippen LogP contribution in [0.4, 0.5) is 0 Å². The summed E-state index contributed by atoms with van der Waals surface area (Å²) in [6, 6.07) is 7.61. The number of rotatable bonds is 5. The van der Waals surface area contributed by atoms with Gasteiger partial charge in [0.15, 0.2) is 0 Å². The Morgan fingerprint density at radius 1 is 1.27 bits per heavy atom. The standard InChI is InChI=1S/C10H13N3O2/c14-7-3-4-8-15-13-10-6-2-1-5-9(10)11-12-13/h1-2,5-6,14H,3-4,7-8H2. The Morgan fingerprint density at radius 2 is 2.13 bits per heavy atom. The fourth-order valence-electron chi connectivity index (χ4n) is 1.31. The molecule has 0 radical (unpaired) electrons. The molecule has 0 spiro atoms. The van der Waals surface area contributed by atoms with Crippen molar-refractivity contribution in [3.05, 3.63) is 24.3 Å². The Labute approximate surface area is 87.2 Å². The molecule has 80 valence electrons. The van der Waals surface area contributed by atoms with Gasteiger partial charge in [-0.25, -0.2) is 0 Å². The van der Waals surface area contributed by atoms with Crippen LogP contribution in [0.25, 0.3) is 11.0 Å². The van der Waals surface area contributed by atoms with Crippen molar-refractivity contribution < 1.29 is 9.94 Å². The van der Waals surface area contributed by atoms with Crippen LogP contribution >= 0.6 is 0 Å². The minimum atomic E-state index is 0.196. The molecule has 5 heteroatoms. The third kappa shape index (κ3) is 2.24. The molecule has 1 aromatic heterocycles. The molecule has 1 heterocycles. The first-order valence-corrected chi connectivity index (χ1v) is 4.96. The molecule has 0 fully saturated rings. The van der Waals surface area contributed by atoms with E-state index in [0.717, 1.165) is 23.9 Å². The number of benzene rings is 1. The van der Waals surface area contributed by atoms with Gasteiger partial charge < -0.3 is 9.94 Å². The monoisotopic (exact) mass is 207 g/mol. The average Bonchev–Trinajstić information content (AvgIpc) is 2.68. The lowest BCUT2D eigenvalue weighted by molar-refractivity contribution is 0.0817. The smallest absolute Gasteiger partial charge is 0.130 e. The van der Waals surface area contributed by atoms with Gasteiger partial charge in [-0.05, 0) is 30.2 Å². The van der Waals surface area contributed by atoms with Crippen molar-refractivity contribution in [3.63, 3.8) is 0 Å². The van der Waals surface area contributed by atoms with E-state index in [4.69, 9.17) is 9.94 Å². The third-order valence-corrected chi connectivity index (χ3v) is 2.09. The highest BCUT2D eigenvalue weighted by molar-refractivity contribution is 5.73. The number of nitrogens with zero attached hydrogens (tertiary/aromatic N) is 3. The van der Waals surface area contributed by atoms with Crippen molar-refractivity contribution in [3.8, 4) is 0 Å². The van der Waals surface area contributed by atoms with Crippen LogP contribution in [0.15, 0.2) is 24.3 Å². The van der Waals surface area contributed by atoms with Gasteiger partial charge in [0.2, 0.25) is 0 Å². The summed E-state index contributed by atoms with van der Waals surface area (Å²) in [6.07, 6.45) is 1.55. The molecule has 0 aliphatic heterocycles. The Balaban J connectivity index is 2.02. The first-order valence-electron chi connectivity index (χ1n) is 4.96. The largest absolute Gasteiger partial charge is 0.396 e. The SMILES string of the molecule is OCCCCOn1nnc2ccccc21. The summed E-state index contributed by atoms with van der Waals surface area (Å²) in [5.74, 6) is 0. The van der Waals surface area contributed by atoms with Gasteiger partial charge in [0, 0.05) is 6.61 Å². The molecule has 5 nitrogen and oxygen atoms in total. The Hall–Kier alpha value is -1.62. The number of hydrogen-bond acceptors (Lipinski definition) is 4. The average molecular weight is 207 g/mol. The maximum atomic E-state index is 8.60. The molecule has 0 unspecified atom stereocenters. The van der Waals surface area contributed by atoms with Crippen LogP contribution in [0.2, 0.25) is 0 Å². The van der Waals surface area contributed by atoms with Crippen LogP contribution in [0.1, 0.15) is 12.8 Å². The zero-order valence-corrected chi connectivity index (χ0v) is 8.33. The van der Waals surface area contributed by atoms with Crippen molar-refractivity contribution in [2.75, 3.05) is 13.2 Å². The van der Waals surface area contributed by atoms with Gasteiger partial charge in [-0.2, -0.15) is 0 Å². The Bertz CT molecular complexity index is 427. The van der Waals surface area contributed by atoms with E-state index in [1.54, 1.807) is 0 Å². The van der Waals surface area contributed by atoms with E-state index in [1.165, 1.54) is 4.85 Å². The summed E-state index contributed by atoms with van der Waals surface area (Å²) in [5.41, 5.74) is 1.68. The number of aliphatic hydroxyl groups is 1. The third-order valence-electron chi connectivity index (χ3n) is 2.09. The second kappa shape index (κ2) is 4.75. The molecule has 0 bridgehead atoms. The number of aliphatic hydroxyl groups excluding tert-OH is 1. The maximum absolute atomic E-state index is 8.60. The highest BCUT2D eigenvalue weighted by atomic mass is 16.7. The first-order chi connectivity index (χ1) is 7.42. The van der Waals surface area contributed by atoms with Crippen LogP contribution in [-0.2, 0) is 0 Å². The van der Waals surface area contributed by atoms with Crippen LogP contribution in [0.3, 0.4) is 0 Å². The van der Waals surface area contributed by atoms with Gasteiger partial charge >= 0.3 is 0 Å². The van der Waals surface area contributed by atoms with Gasteiger partial charge in [0.1, 0.15) is 17.6 Å². The molecule has 1 aromatic carbocycles. The number of fused-ring (bicyclic) bond motifs is 1. The van der Waals surface area contributed by atoms with Crippen LogP contribution in [0, 0.1) is 0 Å². The van der Waals surface area contributed by atoms with E-state index in [-0.39, 0.29) is 6.61 Å². The Kier molecular flexibility index (Phi) is 3.14. The van der Waals surface area contributed by atoms with Gasteiger partial charge in [0.25, 0.3) is 0 Å². The van der Waals surface area contributed by atoms with Crippen LogP contribution < -0.4 is 4.84 Å². The maximum Gasteiger partial charge on any atom is 0.130 e. The number of para-hydroxylation sites is 1. The predicted octanol–water partition coefficient (Wildman–Crippen LogP) is 0.632. The van der Waals surface area contributed by atoms with Crippen LogP contribution in [0.5, 0.6) is 0 Å². The van der Waals surface area contributed by atoms with E-state index in [0.29, 0.717) is 6.61 Å². The number of unbranched alkanes of at least 4 members (excludes halogenated alkanes) is 1. The second-order valence-corrected chi connectivity index (χ2v) is 3.22. The summed E-state index contributed by atoms with van der Waals surface area (Å²) in [7, 11) is 0.